The Morgan fingerprint density at radius 1 is 1.31 bits per heavy atom. The van der Waals surface area contributed by atoms with Gasteiger partial charge in [0.1, 0.15) is 0 Å². The zero-order chi connectivity index (χ0) is 9.94. The van der Waals surface area contributed by atoms with Crippen LogP contribution in [0.5, 0.6) is 0 Å². The summed E-state index contributed by atoms with van der Waals surface area (Å²) < 4.78 is 0. The molecule has 0 aliphatic rings. The fourth-order valence-electron chi connectivity index (χ4n) is 0.948. The molecule has 3 nitrogen and oxygen atoms in total. The van der Waals surface area contributed by atoms with Gasteiger partial charge in [-0.05, 0) is 6.42 Å². The SMILES string of the molecule is C#CCNC(=O)NCCCCCC. The van der Waals surface area contributed by atoms with E-state index in [0.717, 1.165) is 13.0 Å². The van der Waals surface area contributed by atoms with Gasteiger partial charge in [0.15, 0.2) is 0 Å². The molecule has 0 saturated heterocycles. The molecular formula is C10H18N2O. The Morgan fingerprint density at radius 3 is 2.69 bits per heavy atom. The maximum Gasteiger partial charge on any atom is 0.315 e. The van der Waals surface area contributed by atoms with Crippen molar-refractivity contribution >= 4 is 6.03 Å². The normalized spacial score (nSPS) is 8.92. The molecule has 0 rings (SSSR count). The summed E-state index contributed by atoms with van der Waals surface area (Å²) in [4.78, 5) is 10.9. The number of hydrogen-bond acceptors (Lipinski definition) is 1. The molecule has 0 atom stereocenters. The second-order valence-corrected chi connectivity index (χ2v) is 2.87. The van der Waals surface area contributed by atoms with Gasteiger partial charge >= 0.3 is 6.03 Å². The van der Waals surface area contributed by atoms with Crippen molar-refractivity contribution in [1.82, 2.24) is 10.6 Å². The zero-order valence-electron chi connectivity index (χ0n) is 8.23. The Hall–Kier alpha value is -1.17. The Kier molecular flexibility index (Phi) is 8.12. The van der Waals surface area contributed by atoms with E-state index in [1.54, 1.807) is 0 Å². The van der Waals surface area contributed by atoms with Crippen LogP contribution in [-0.4, -0.2) is 19.1 Å². The maximum absolute atomic E-state index is 10.9. The van der Waals surface area contributed by atoms with Crippen LogP contribution in [0.4, 0.5) is 4.79 Å². The standard InChI is InChI=1S/C10H18N2O/c1-3-5-6-7-9-12-10(13)11-8-4-2/h2H,3,5-9H2,1H3,(H2,11,12,13). The van der Waals surface area contributed by atoms with Crippen LogP contribution in [0, 0.1) is 12.3 Å². The predicted octanol–water partition coefficient (Wildman–Crippen LogP) is 1.50. The number of unbranched alkanes of at least 4 members (excludes halogenated alkanes) is 3. The quantitative estimate of drug-likeness (QED) is 0.474. The molecule has 0 saturated carbocycles. The molecule has 0 unspecified atom stereocenters. The monoisotopic (exact) mass is 182 g/mol. The summed E-state index contributed by atoms with van der Waals surface area (Å²) in [5.41, 5.74) is 0. The van der Waals surface area contributed by atoms with Gasteiger partial charge in [-0.3, -0.25) is 0 Å². The van der Waals surface area contributed by atoms with Gasteiger partial charge in [0.05, 0.1) is 6.54 Å². The Labute approximate surface area is 80.3 Å². The molecule has 0 aromatic carbocycles. The second kappa shape index (κ2) is 8.92. The summed E-state index contributed by atoms with van der Waals surface area (Å²) in [5.74, 6) is 2.34. The number of terminal acetylenes is 1. The van der Waals surface area contributed by atoms with E-state index in [1.807, 2.05) is 0 Å². The number of carbonyl (C=O) groups excluding carboxylic acids is 1. The van der Waals surface area contributed by atoms with Crippen LogP contribution >= 0.6 is 0 Å². The lowest BCUT2D eigenvalue weighted by molar-refractivity contribution is 0.242. The van der Waals surface area contributed by atoms with E-state index in [1.165, 1.54) is 19.3 Å². The van der Waals surface area contributed by atoms with Crippen molar-refractivity contribution in [1.29, 1.82) is 0 Å². The summed E-state index contributed by atoms with van der Waals surface area (Å²) in [6, 6.07) is -0.172. The van der Waals surface area contributed by atoms with Crippen molar-refractivity contribution in [2.24, 2.45) is 0 Å². The Balaban J connectivity index is 3.13. The highest BCUT2D eigenvalue weighted by atomic mass is 16.2. The summed E-state index contributed by atoms with van der Waals surface area (Å²) in [6.07, 6.45) is 9.63. The van der Waals surface area contributed by atoms with E-state index >= 15 is 0 Å². The highest BCUT2D eigenvalue weighted by molar-refractivity contribution is 5.73. The van der Waals surface area contributed by atoms with E-state index in [9.17, 15) is 4.79 Å². The molecule has 0 bridgehead atoms. The summed E-state index contributed by atoms with van der Waals surface area (Å²) in [6.45, 7) is 3.18. The lowest BCUT2D eigenvalue weighted by Crippen LogP contribution is -2.36. The highest BCUT2D eigenvalue weighted by Crippen LogP contribution is 1.96. The van der Waals surface area contributed by atoms with Crippen LogP contribution in [-0.2, 0) is 0 Å². The van der Waals surface area contributed by atoms with Gasteiger partial charge in [0, 0.05) is 6.54 Å². The molecule has 0 heterocycles. The van der Waals surface area contributed by atoms with Gasteiger partial charge in [0.2, 0.25) is 0 Å². The number of amides is 2. The molecule has 74 valence electrons. The molecule has 0 aliphatic carbocycles. The number of rotatable bonds is 6. The fourth-order valence-corrected chi connectivity index (χ4v) is 0.948. The van der Waals surface area contributed by atoms with Crippen LogP contribution in [0.3, 0.4) is 0 Å². The third-order valence-corrected chi connectivity index (χ3v) is 1.67. The minimum Gasteiger partial charge on any atom is -0.338 e. The van der Waals surface area contributed by atoms with Crippen LogP contribution < -0.4 is 10.6 Å². The van der Waals surface area contributed by atoms with E-state index in [0.29, 0.717) is 6.54 Å². The molecule has 13 heavy (non-hydrogen) atoms. The fraction of sp³-hybridized carbons (Fsp3) is 0.700. The van der Waals surface area contributed by atoms with Gasteiger partial charge in [0.25, 0.3) is 0 Å². The number of nitrogens with one attached hydrogen (secondary N) is 2. The number of urea groups is 1. The van der Waals surface area contributed by atoms with Crippen molar-refractivity contribution in [3.63, 3.8) is 0 Å². The van der Waals surface area contributed by atoms with Crippen LogP contribution in [0.15, 0.2) is 0 Å². The van der Waals surface area contributed by atoms with Gasteiger partial charge < -0.3 is 10.6 Å². The molecule has 0 spiro atoms. The average Bonchev–Trinajstić information content (AvgIpc) is 2.14. The number of carbonyl (C=O) groups is 1. The molecule has 0 aromatic rings. The molecule has 0 aromatic heterocycles. The third-order valence-electron chi connectivity index (χ3n) is 1.67. The molecule has 3 heteroatoms. The van der Waals surface area contributed by atoms with Crippen LogP contribution in [0.25, 0.3) is 0 Å². The van der Waals surface area contributed by atoms with Gasteiger partial charge in [-0.15, -0.1) is 6.42 Å². The molecular weight excluding hydrogens is 164 g/mol. The van der Waals surface area contributed by atoms with Crippen molar-refractivity contribution in [2.45, 2.75) is 32.6 Å². The van der Waals surface area contributed by atoms with Gasteiger partial charge in [-0.2, -0.15) is 0 Å². The maximum atomic E-state index is 10.9. The first-order chi connectivity index (χ1) is 6.31. The Bertz CT molecular complexity index is 172. The van der Waals surface area contributed by atoms with Crippen LogP contribution in [0.2, 0.25) is 0 Å². The Morgan fingerprint density at radius 2 is 2.08 bits per heavy atom. The first-order valence-corrected chi connectivity index (χ1v) is 4.76. The molecule has 0 fully saturated rings. The number of hydrogen-bond donors (Lipinski definition) is 2. The first kappa shape index (κ1) is 11.8. The van der Waals surface area contributed by atoms with Crippen molar-refractivity contribution in [3.8, 4) is 12.3 Å². The van der Waals surface area contributed by atoms with Gasteiger partial charge in [-0.25, -0.2) is 4.79 Å². The minimum atomic E-state index is -0.172. The summed E-state index contributed by atoms with van der Waals surface area (Å²) in [5, 5.41) is 5.27. The highest BCUT2D eigenvalue weighted by Gasteiger charge is 1.95. The smallest absolute Gasteiger partial charge is 0.315 e. The van der Waals surface area contributed by atoms with Crippen molar-refractivity contribution in [3.05, 3.63) is 0 Å². The van der Waals surface area contributed by atoms with Crippen molar-refractivity contribution < 1.29 is 4.79 Å². The first-order valence-electron chi connectivity index (χ1n) is 4.76. The van der Waals surface area contributed by atoms with Crippen molar-refractivity contribution in [2.75, 3.05) is 13.1 Å². The second-order valence-electron chi connectivity index (χ2n) is 2.87. The molecule has 2 N–H and O–H groups in total. The minimum absolute atomic E-state index is 0.172. The molecule has 0 radical (unpaired) electrons. The van der Waals surface area contributed by atoms with Gasteiger partial charge in [-0.1, -0.05) is 32.1 Å². The third kappa shape index (κ3) is 8.74. The zero-order valence-corrected chi connectivity index (χ0v) is 8.23. The molecule has 2 amide bonds. The van der Waals surface area contributed by atoms with E-state index in [2.05, 4.69) is 23.5 Å². The van der Waals surface area contributed by atoms with E-state index in [4.69, 9.17) is 6.42 Å². The van der Waals surface area contributed by atoms with E-state index < -0.39 is 0 Å². The molecule has 0 aliphatic heterocycles. The largest absolute Gasteiger partial charge is 0.338 e. The lowest BCUT2D eigenvalue weighted by atomic mass is 10.2. The average molecular weight is 182 g/mol. The topological polar surface area (TPSA) is 41.1 Å². The lowest BCUT2D eigenvalue weighted by Gasteiger charge is -2.04. The predicted molar refractivity (Wildman–Crippen MR) is 54.4 cm³/mol. The van der Waals surface area contributed by atoms with E-state index in [-0.39, 0.29) is 6.03 Å². The summed E-state index contributed by atoms with van der Waals surface area (Å²) in [7, 11) is 0. The van der Waals surface area contributed by atoms with Crippen LogP contribution in [0.1, 0.15) is 32.6 Å². The summed E-state index contributed by atoms with van der Waals surface area (Å²) >= 11 is 0.